The minimum absolute atomic E-state index is 0.283. The highest BCUT2D eigenvalue weighted by Gasteiger charge is 2.52. The van der Waals surface area contributed by atoms with Crippen molar-refractivity contribution in [1.82, 2.24) is 5.01 Å². The Morgan fingerprint density at radius 1 is 1.04 bits per heavy atom. The van der Waals surface area contributed by atoms with E-state index in [1.54, 1.807) is 4.90 Å². The molecule has 1 fully saturated rings. The largest absolute Gasteiger partial charge is 0.466 e. The standard InChI is InChI=1S/C21H23N3O/c1-23-13-11-21(12-14-23)24-19(17-9-5-6-10-20(17)25-21)15-18(22-24)16-7-3-2-4-8-16/h2-10,19H,11-15H2,1H3/p+1/t19-/m0/s1. The van der Waals surface area contributed by atoms with Gasteiger partial charge < -0.3 is 9.64 Å². The number of nitrogens with zero attached hydrogens (tertiary/aromatic N) is 2. The van der Waals surface area contributed by atoms with E-state index in [2.05, 4.69) is 66.7 Å². The molecule has 0 unspecified atom stereocenters. The predicted octanol–water partition coefficient (Wildman–Crippen LogP) is 2.23. The first-order valence-electron chi connectivity index (χ1n) is 9.27. The van der Waals surface area contributed by atoms with Crippen molar-refractivity contribution in [3.05, 3.63) is 65.7 Å². The number of rotatable bonds is 1. The minimum atomic E-state index is -0.283. The molecule has 0 amide bonds. The summed E-state index contributed by atoms with van der Waals surface area (Å²) in [6, 6.07) is 19.4. The first kappa shape index (κ1) is 15.0. The van der Waals surface area contributed by atoms with E-state index in [0.717, 1.165) is 38.1 Å². The maximum atomic E-state index is 6.61. The molecule has 0 aliphatic carbocycles. The molecule has 3 aliphatic heterocycles. The molecule has 1 atom stereocenters. The van der Waals surface area contributed by atoms with Crippen LogP contribution in [0.1, 0.15) is 36.4 Å². The lowest BCUT2D eigenvalue weighted by atomic mass is 9.91. The van der Waals surface area contributed by atoms with Crippen LogP contribution >= 0.6 is 0 Å². The molecule has 0 bridgehead atoms. The average molecular weight is 334 g/mol. The van der Waals surface area contributed by atoms with Gasteiger partial charge in [-0.3, -0.25) is 0 Å². The molecule has 0 saturated carbocycles. The first-order valence-corrected chi connectivity index (χ1v) is 9.27. The summed E-state index contributed by atoms with van der Waals surface area (Å²) >= 11 is 0. The third-order valence-electron chi connectivity index (χ3n) is 5.90. The van der Waals surface area contributed by atoms with Crippen LogP contribution in [0.5, 0.6) is 5.75 Å². The Hall–Kier alpha value is -2.33. The zero-order valence-electron chi connectivity index (χ0n) is 14.6. The molecule has 5 rings (SSSR count). The Morgan fingerprint density at radius 3 is 2.56 bits per heavy atom. The number of para-hydroxylation sites is 1. The van der Waals surface area contributed by atoms with Gasteiger partial charge in [0, 0.05) is 12.0 Å². The number of hydrazone groups is 1. The van der Waals surface area contributed by atoms with Gasteiger partial charge in [0.25, 0.3) is 0 Å². The van der Waals surface area contributed by atoms with E-state index < -0.39 is 0 Å². The van der Waals surface area contributed by atoms with Crippen molar-refractivity contribution in [3.63, 3.8) is 0 Å². The van der Waals surface area contributed by atoms with E-state index in [9.17, 15) is 0 Å². The van der Waals surface area contributed by atoms with Crippen LogP contribution in [0.4, 0.5) is 0 Å². The van der Waals surface area contributed by atoms with Crippen LogP contribution in [0.2, 0.25) is 0 Å². The average Bonchev–Trinajstić information content (AvgIpc) is 3.12. The number of nitrogens with one attached hydrogen (secondary N) is 1. The van der Waals surface area contributed by atoms with Crippen molar-refractivity contribution in [2.45, 2.75) is 31.0 Å². The van der Waals surface area contributed by atoms with Crippen molar-refractivity contribution in [1.29, 1.82) is 0 Å². The molecule has 4 nitrogen and oxygen atoms in total. The van der Waals surface area contributed by atoms with Crippen LogP contribution in [-0.4, -0.2) is 36.6 Å². The lowest BCUT2D eigenvalue weighted by Crippen LogP contribution is -3.11. The minimum Gasteiger partial charge on any atom is -0.466 e. The summed E-state index contributed by atoms with van der Waals surface area (Å²) in [6.45, 7) is 2.25. The number of benzene rings is 2. The lowest BCUT2D eigenvalue weighted by Gasteiger charge is -2.49. The first-order chi connectivity index (χ1) is 12.3. The summed E-state index contributed by atoms with van der Waals surface area (Å²) in [5, 5.41) is 7.39. The molecular weight excluding hydrogens is 310 g/mol. The fourth-order valence-electron chi connectivity index (χ4n) is 4.43. The zero-order chi connectivity index (χ0) is 16.9. The monoisotopic (exact) mass is 334 g/mol. The maximum Gasteiger partial charge on any atom is 0.208 e. The van der Waals surface area contributed by atoms with Gasteiger partial charge in [0.15, 0.2) is 0 Å². The SMILES string of the molecule is C[NH+]1CCC2(CC1)Oc1ccccc1[C@@H]1CC(c3ccccc3)=NN12. The number of piperidine rings is 1. The van der Waals surface area contributed by atoms with E-state index >= 15 is 0 Å². The highest BCUT2D eigenvalue weighted by molar-refractivity contribution is 6.01. The second kappa shape index (κ2) is 5.60. The smallest absolute Gasteiger partial charge is 0.208 e. The van der Waals surface area contributed by atoms with Crippen molar-refractivity contribution in [3.8, 4) is 5.75 Å². The van der Waals surface area contributed by atoms with Gasteiger partial charge in [0.05, 0.1) is 44.7 Å². The number of hydrogen-bond donors (Lipinski definition) is 1. The van der Waals surface area contributed by atoms with Gasteiger partial charge in [0.2, 0.25) is 5.72 Å². The van der Waals surface area contributed by atoms with E-state index in [-0.39, 0.29) is 5.72 Å². The number of fused-ring (bicyclic) bond motifs is 4. The quantitative estimate of drug-likeness (QED) is 0.867. The molecule has 1 N–H and O–H groups in total. The highest BCUT2D eigenvalue weighted by Crippen LogP contribution is 2.48. The summed E-state index contributed by atoms with van der Waals surface area (Å²) < 4.78 is 6.61. The number of ether oxygens (including phenoxy) is 1. The molecule has 1 saturated heterocycles. The van der Waals surface area contributed by atoms with Crippen LogP contribution in [0.25, 0.3) is 0 Å². The molecule has 3 aliphatic rings. The van der Waals surface area contributed by atoms with Crippen molar-refractivity contribution >= 4 is 5.71 Å². The fraction of sp³-hybridized carbons (Fsp3) is 0.381. The van der Waals surface area contributed by atoms with Gasteiger partial charge >= 0.3 is 0 Å². The molecule has 0 radical (unpaired) electrons. The number of quaternary nitrogens is 1. The molecule has 3 heterocycles. The lowest BCUT2D eigenvalue weighted by molar-refractivity contribution is -0.888. The Bertz CT molecular complexity index is 809. The van der Waals surface area contributed by atoms with Gasteiger partial charge in [-0.05, 0) is 11.6 Å². The maximum absolute atomic E-state index is 6.61. The normalized spacial score (nSPS) is 30.4. The van der Waals surface area contributed by atoms with E-state index in [4.69, 9.17) is 9.84 Å². The van der Waals surface area contributed by atoms with Crippen molar-refractivity contribution in [2.75, 3.05) is 20.1 Å². The molecule has 2 aromatic rings. The topological polar surface area (TPSA) is 29.3 Å². The Labute approximate surface area is 148 Å². The summed E-state index contributed by atoms with van der Waals surface area (Å²) in [6.07, 6.45) is 3.00. The second-order valence-electron chi connectivity index (χ2n) is 7.52. The molecule has 1 spiro atoms. The number of likely N-dealkylation sites (tertiary alicyclic amines) is 1. The van der Waals surface area contributed by atoms with Crippen LogP contribution < -0.4 is 9.64 Å². The van der Waals surface area contributed by atoms with Gasteiger partial charge in [-0.25, -0.2) is 5.01 Å². The van der Waals surface area contributed by atoms with Crippen LogP contribution in [0, 0.1) is 0 Å². The van der Waals surface area contributed by atoms with Crippen LogP contribution in [-0.2, 0) is 0 Å². The highest BCUT2D eigenvalue weighted by atomic mass is 16.5. The molecule has 25 heavy (non-hydrogen) atoms. The van der Waals surface area contributed by atoms with Crippen molar-refractivity contribution in [2.24, 2.45) is 5.10 Å². The molecule has 128 valence electrons. The Balaban J connectivity index is 1.59. The third kappa shape index (κ3) is 2.35. The molecular formula is C21H24N3O+. The number of hydrogen-bond acceptors (Lipinski definition) is 3. The van der Waals surface area contributed by atoms with Crippen LogP contribution in [0.3, 0.4) is 0 Å². The van der Waals surface area contributed by atoms with Gasteiger partial charge in [0.1, 0.15) is 5.75 Å². The van der Waals surface area contributed by atoms with E-state index in [1.807, 2.05) is 0 Å². The molecule has 0 aromatic heterocycles. The van der Waals surface area contributed by atoms with Gasteiger partial charge in [-0.1, -0.05) is 48.5 Å². The van der Waals surface area contributed by atoms with Crippen LogP contribution in [0.15, 0.2) is 59.7 Å². The summed E-state index contributed by atoms with van der Waals surface area (Å²) in [5.74, 6) is 1.05. The van der Waals surface area contributed by atoms with Gasteiger partial charge in [-0.2, -0.15) is 5.10 Å². The van der Waals surface area contributed by atoms with E-state index in [0.29, 0.717) is 6.04 Å². The Kier molecular flexibility index (Phi) is 3.35. The Morgan fingerprint density at radius 2 is 1.76 bits per heavy atom. The predicted molar refractivity (Wildman–Crippen MR) is 97.8 cm³/mol. The summed E-state index contributed by atoms with van der Waals surface area (Å²) in [7, 11) is 2.27. The summed E-state index contributed by atoms with van der Waals surface area (Å²) in [4.78, 5) is 1.58. The molecule has 2 aromatic carbocycles. The van der Waals surface area contributed by atoms with Crippen molar-refractivity contribution < 1.29 is 9.64 Å². The summed E-state index contributed by atoms with van der Waals surface area (Å²) in [5.41, 5.74) is 3.39. The fourth-order valence-corrected chi connectivity index (χ4v) is 4.43. The van der Waals surface area contributed by atoms with E-state index in [1.165, 1.54) is 16.8 Å². The zero-order valence-corrected chi connectivity index (χ0v) is 14.6. The molecule has 4 heteroatoms. The van der Waals surface area contributed by atoms with Gasteiger partial charge in [-0.15, -0.1) is 0 Å². The third-order valence-corrected chi connectivity index (χ3v) is 5.90. The second-order valence-corrected chi connectivity index (χ2v) is 7.52.